The van der Waals surface area contributed by atoms with Crippen LogP contribution in [0.15, 0.2) is 24.3 Å². The summed E-state index contributed by atoms with van der Waals surface area (Å²) >= 11 is 6.05. The van der Waals surface area contributed by atoms with Gasteiger partial charge in [-0.25, -0.2) is 0 Å². The number of carbonyl (C=O) groups excluding carboxylic acids is 1. The largest absolute Gasteiger partial charge is 0.353 e. The molecule has 4 heteroatoms. The van der Waals surface area contributed by atoms with Crippen molar-refractivity contribution in [3.05, 3.63) is 34.9 Å². The molecule has 0 radical (unpaired) electrons. The van der Waals surface area contributed by atoms with E-state index in [-0.39, 0.29) is 5.91 Å². The van der Waals surface area contributed by atoms with Crippen LogP contribution in [0.5, 0.6) is 0 Å². The van der Waals surface area contributed by atoms with Gasteiger partial charge in [0.05, 0.1) is 0 Å². The van der Waals surface area contributed by atoms with Crippen molar-refractivity contribution in [2.24, 2.45) is 0 Å². The molecule has 3 nitrogen and oxygen atoms in total. The van der Waals surface area contributed by atoms with E-state index in [4.69, 9.17) is 11.6 Å². The Morgan fingerprint density at radius 3 is 2.83 bits per heavy atom. The van der Waals surface area contributed by atoms with E-state index in [1.165, 1.54) is 0 Å². The molecule has 0 spiro atoms. The Hall–Kier alpha value is -1.06. The first kappa shape index (κ1) is 13.4. The summed E-state index contributed by atoms with van der Waals surface area (Å²) in [6.45, 7) is 1.59. The van der Waals surface area contributed by atoms with Crippen molar-refractivity contribution in [2.45, 2.75) is 38.3 Å². The minimum atomic E-state index is 0.178. The SMILES string of the molecule is O=C(CCCNCc1ccccc1Cl)NC1CC1. The highest BCUT2D eigenvalue weighted by Crippen LogP contribution is 2.18. The third-order valence-corrected chi connectivity index (χ3v) is 3.34. The Labute approximate surface area is 113 Å². The van der Waals surface area contributed by atoms with Gasteiger partial charge in [-0.05, 0) is 37.4 Å². The molecule has 0 aromatic heterocycles. The molecule has 98 valence electrons. The first-order valence-electron chi connectivity index (χ1n) is 6.49. The van der Waals surface area contributed by atoms with Crippen LogP contribution in [0.1, 0.15) is 31.2 Å². The summed E-state index contributed by atoms with van der Waals surface area (Å²) < 4.78 is 0. The summed E-state index contributed by atoms with van der Waals surface area (Å²) in [5.74, 6) is 0.178. The summed E-state index contributed by atoms with van der Waals surface area (Å²) in [5, 5.41) is 7.07. The molecule has 0 saturated heterocycles. The average molecular weight is 267 g/mol. The number of amides is 1. The van der Waals surface area contributed by atoms with Crippen LogP contribution in [-0.4, -0.2) is 18.5 Å². The Morgan fingerprint density at radius 2 is 2.11 bits per heavy atom. The molecular formula is C14H19ClN2O. The van der Waals surface area contributed by atoms with Crippen LogP contribution in [0.25, 0.3) is 0 Å². The molecular weight excluding hydrogens is 248 g/mol. The lowest BCUT2D eigenvalue weighted by Gasteiger charge is -2.06. The van der Waals surface area contributed by atoms with Gasteiger partial charge in [0.1, 0.15) is 0 Å². The Bertz CT molecular complexity index is 405. The highest BCUT2D eigenvalue weighted by Gasteiger charge is 2.22. The molecule has 0 heterocycles. The van der Waals surface area contributed by atoms with E-state index in [1.54, 1.807) is 0 Å². The summed E-state index contributed by atoms with van der Waals surface area (Å²) in [4.78, 5) is 11.4. The molecule has 2 rings (SSSR count). The second-order valence-corrected chi connectivity index (χ2v) is 5.12. The number of nitrogens with one attached hydrogen (secondary N) is 2. The van der Waals surface area contributed by atoms with Gasteiger partial charge in [-0.15, -0.1) is 0 Å². The smallest absolute Gasteiger partial charge is 0.220 e. The summed E-state index contributed by atoms with van der Waals surface area (Å²) in [6, 6.07) is 8.27. The highest BCUT2D eigenvalue weighted by atomic mass is 35.5. The van der Waals surface area contributed by atoms with Crippen molar-refractivity contribution in [3.8, 4) is 0 Å². The molecule has 1 aliphatic carbocycles. The number of hydrogen-bond donors (Lipinski definition) is 2. The second-order valence-electron chi connectivity index (χ2n) is 4.71. The Kier molecular flexibility index (Phi) is 5.02. The maximum absolute atomic E-state index is 11.4. The third kappa shape index (κ3) is 4.67. The summed E-state index contributed by atoms with van der Waals surface area (Å²) in [5.41, 5.74) is 1.10. The van der Waals surface area contributed by atoms with Crippen LogP contribution in [0, 0.1) is 0 Å². The molecule has 2 N–H and O–H groups in total. The molecule has 0 unspecified atom stereocenters. The van der Waals surface area contributed by atoms with Crippen LogP contribution in [0.3, 0.4) is 0 Å². The minimum Gasteiger partial charge on any atom is -0.353 e. The number of hydrogen-bond acceptors (Lipinski definition) is 2. The average Bonchev–Trinajstić information content (AvgIpc) is 3.15. The lowest BCUT2D eigenvalue weighted by molar-refractivity contribution is -0.121. The number of halogens is 1. The monoisotopic (exact) mass is 266 g/mol. The molecule has 18 heavy (non-hydrogen) atoms. The Balaban J connectivity index is 1.55. The fraction of sp³-hybridized carbons (Fsp3) is 0.500. The molecule has 0 bridgehead atoms. The fourth-order valence-corrected chi connectivity index (χ4v) is 1.97. The number of carbonyl (C=O) groups is 1. The maximum atomic E-state index is 11.4. The molecule has 1 fully saturated rings. The van der Waals surface area contributed by atoms with Crippen LogP contribution in [0.4, 0.5) is 0 Å². The van der Waals surface area contributed by atoms with Gasteiger partial charge >= 0.3 is 0 Å². The minimum absolute atomic E-state index is 0.178. The predicted molar refractivity (Wildman–Crippen MR) is 73.6 cm³/mol. The molecule has 1 aromatic carbocycles. The van der Waals surface area contributed by atoms with Crippen molar-refractivity contribution in [2.75, 3.05) is 6.54 Å². The standard InChI is InChI=1S/C14H19ClN2O/c15-13-5-2-1-4-11(13)10-16-9-3-6-14(18)17-12-7-8-12/h1-2,4-5,12,16H,3,6-10H2,(H,17,18). The molecule has 1 saturated carbocycles. The lowest BCUT2D eigenvalue weighted by atomic mass is 10.2. The first-order chi connectivity index (χ1) is 8.75. The van der Waals surface area contributed by atoms with Crippen molar-refractivity contribution in [3.63, 3.8) is 0 Å². The first-order valence-corrected chi connectivity index (χ1v) is 6.87. The normalized spacial score (nSPS) is 14.5. The highest BCUT2D eigenvalue weighted by molar-refractivity contribution is 6.31. The van der Waals surface area contributed by atoms with Crippen LogP contribution >= 0.6 is 11.6 Å². The van der Waals surface area contributed by atoms with Gasteiger partial charge in [0.25, 0.3) is 0 Å². The summed E-state index contributed by atoms with van der Waals surface area (Å²) in [6.07, 6.45) is 3.77. The second kappa shape index (κ2) is 6.76. The number of benzene rings is 1. The lowest BCUT2D eigenvalue weighted by Crippen LogP contribution is -2.26. The van der Waals surface area contributed by atoms with Crippen LogP contribution in [0.2, 0.25) is 5.02 Å². The van der Waals surface area contributed by atoms with E-state index in [0.29, 0.717) is 12.5 Å². The van der Waals surface area contributed by atoms with E-state index >= 15 is 0 Å². The van der Waals surface area contributed by atoms with Crippen molar-refractivity contribution in [1.82, 2.24) is 10.6 Å². The van der Waals surface area contributed by atoms with Crippen LogP contribution in [-0.2, 0) is 11.3 Å². The third-order valence-electron chi connectivity index (χ3n) is 2.97. The van der Waals surface area contributed by atoms with Gasteiger partial charge < -0.3 is 10.6 Å². The molecule has 1 amide bonds. The number of rotatable bonds is 7. The molecule has 1 aromatic rings. The molecule has 0 aliphatic heterocycles. The van der Waals surface area contributed by atoms with Gasteiger partial charge in [-0.2, -0.15) is 0 Å². The van der Waals surface area contributed by atoms with Crippen molar-refractivity contribution >= 4 is 17.5 Å². The van der Waals surface area contributed by atoms with Gasteiger partial charge in [0.2, 0.25) is 5.91 Å². The zero-order valence-electron chi connectivity index (χ0n) is 10.4. The Morgan fingerprint density at radius 1 is 1.33 bits per heavy atom. The molecule has 0 atom stereocenters. The van der Waals surface area contributed by atoms with Gasteiger partial charge in [0.15, 0.2) is 0 Å². The molecule has 1 aliphatic rings. The van der Waals surface area contributed by atoms with E-state index in [0.717, 1.165) is 42.9 Å². The van der Waals surface area contributed by atoms with E-state index in [9.17, 15) is 4.79 Å². The fourth-order valence-electron chi connectivity index (χ4n) is 1.77. The van der Waals surface area contributed by atoms with Crippen molar-refractivity contribution < 1.29 is 4.79 Å². The van der Waals surface area contributed by atoms with Gasteiger partial charge in [-0.3, -0.25) is 4.79 Å². The van der Waals surface area contributed by atoms with E-state index in [1.807, 2.05) is 24.3 Å². The van der Waals surface area contributed by atoms with Crippen molar-refractivity contribution in [1.29, 1.82) is 0 Å². The van der Waals surface area contributed by atoms with Gasteiger partial charge in [0, 0.05) is 24.0 Å². The zero-order chi connectivity index (χ0) is 12.8. The van der Waals surface area contributed by atoms with E-state index < -0.39 is 0 Å². The topological polar surface area (TPSA) is 41.1 Å². The maximum Gasteiger partial charge on any atom is 0.220 e. The quantitative estimate of drug-likeness (QED) is 0.745. The van der Waals surface area contributed by atoms with E-state index in [2.05, 4.69) is 10.6 Å². The summed E-state index contributed by atoms with van der Waals surface area (Å²) in [7, 11) is 0. The zero-order valence-corrected chi connectivity index (χ0v) is 11.2. The van der Waals surface area contributed by atoms with Crippen LogP contribution < -0.4 is 10.6 Å². The van der Waals surface area contributed by atoms with Gasteiger partial charge in [-0.1, -0.05) is 29.8 Å². The predicted octanol–water partition coefficient (Wildman–Crippen LogP) is 2.49.